The Balaban J connectivity index is 2.05. The number of aliphatic hydroxyl groups is 1. The van der Waals surface area contributed by atoms with Crippen LogP contribution >= 0.6 is 11.6 Å². The van der Waals surface area contributed by atoms with Gasteiger partial charge in [-0.05, 0) is 29.8 Å². The summed E-state index contributed by atoms with van der Waals surface area (Å²) in [6.45, 7) is -0.191. The number of carboxylic acid groups (broad SMARTS) is 1. The van der Waals surface area contributed by atoms with Gasteiger partial charge in [0, 0.05) is 10.4 Å². The van der Waals surface area contributed by atoms with Gasteiger partial charge in [-0.15, -0.1) is 0 Å². The quantitative estimate of drug-likeness (QED) is 0.658. The Labute approximate surface area is 143 Å². The van der Waals surface area contributed by atoms with Crippen LogP contribution in [0.5, 0.6) is 0 Å². The summed E-state index contributed by atoms with van der Waals surface area (Å²) in [5.41, 5.74) is 1.49. The second-order valence-electron chi connectivity index (χ2n) is 5.32. The highest BCUT2D eigenvalue weighted by atomic mass is 35.5. The van der Waals surface area contributed by atoms with Crippen molar-refractivity contribution in [3.63, 3.8) is 0 Å². The van der Waals surface area contributed by atoms with Crippen LogP contribution in [0.3, 0.4) is 0 Å². The van der Waals surface area contributed by atoms with Gasteiger partial charge in [0.05, 0.1) is 18.2 Å². The Morgan fingerprint density at radius 2 is 1.92 bits per heavy atom. The first-order chi connectivity index (χ1) is 11.6. The number of anilines is 1. The van der Waals surface area contributed by atoms with Crippen molar-refractivity contribution in [1.29, 1.82) is 0 Å². The summed E-state index contributed by atoms with van der Waals surface area (Å²) < 4.78 is 0. The summed E-state index contributed by atoms with van der Waals surface area (Å²) in [5, 5.41) is 23.3. The maximum Gasteiger partial charge on any atom is 0.339 e. The van der Waals surface area contributed by atoms with Gasteiger partial charge in [-0.2, -0.15) is 0 Å². The van der Waals surface area contributed by atoms with Crippen LogP contribution in [0.15, 0.2) is 54.6 Å². The van der Waals surface area contributed by atoms with Gasteiger partial charge in [0.15, 0.2) is 0 Å². The van der Waals surface area contributed by atoms with Crippen molar-refractivity contribution in [3.8, 4) is 0 Å². The zero-order chi connectivity index (χ0) is 17.1. The van der Waals surface area contributed by atoms with E-state index in [0.717, 1.165) is 5.56 Å². The molecule has 3 aromatic rings. The highest BCUT2D eigenvalue weighted by Gasteiger charge is 2.18. The van der Waals surface area contributed by atoms with Crippen LogP contribution in [0.4, 0.5) is 5.82 Å². The number of benzene rings is 2. The van der Waals surface area contributed by atoms with Crippen LogP contribution in [-0.2, 0) is 0 Å². The molecule has 0 unspecified atom stereocenters. The molecule has 2 aromatic carbocycles. The Kier molecular flexibility index (Phi) is 4.64. The van der Waals surface area contributed by atoms with Crippen LogP contribution in [0, 0.1) is 0 Å². The Bertz CT molecular complexity index is 884. The SMILES string of the molecule is O=C(O)c1cc2cc(Cl)ccc2nc1N[C@@H](CO)c1ccccc1. The number of aromatic carboxylic acids is 1. The lowest BCUT2D eigenvalue weighted by Gasteiger charge is -2.19. The van der Waals surface area contributed by atoms with E-state index in [0.29, 0.717) is 15.9 Å². The van der Waals surface area contributed by atoms with E-state index in [1.165, 1.54) is 6.07 Å². The number of aromatic nitrogens is 1. The zero-order valence-corrected chi connectivity index (χ0v) is 13.4. The van der Waals surface area contributed by atoms with E-state index in [1.54, 1.807) is 18.2 Å². The predicted molar refractivity (Wildman–Crippen MR) is 93.6 cm³/mol. The average molecular weight is 343 g/mol. The molecular formula is C18H15ClN2O3. The summed E-state index contributed by atoms with van der Waals surface area (Å²) in [6, 6.07) is 15.5. The summed E-state index contributed by atoms with van der Waals surface area (Å²) in [4.78, 5) is 16.0. The molecule has 0 amide bonds. The fraction of sp³-hybridized carbons (Fsp3) is 0.111. The van der Waals surface area contributed by atoms with Gasteiger partial charge in [0.25, 0.3) is 0 Å². The van der Waals surface area contributed by atoms with Crippen LogP contribution in [0.1, 0.15) is 22.0 Å². The van der Waals surface area contributed by atoms with Gasteiger partial charge in [0.1, 0.15) is 11.4 Å². The molecule has 0 spiro atoms. The number of fused-ring (bicyclic) bond motifs is 1. The van der Waals surface area contributed by atoms with Crippen molar-refractivity contribution in [2.24, 2.45) is 0 Å². The number of carboxylic acids is 1. The zero-order valence-electron chi connectivity index (χ0n) is 12.6. The molecule has 1 aromatic heterocycles. The minimum Gasteiger partial charge on any atom is -0.478 e. The first kappa shape index (κ1) is 16.2. The van der Waals surface area contributed by atoms with Crippen molar-refractivity contribution >= 4 is 34.3 Å². The second kappa shape index (κ2) is 6.86. The minimum absolute atomic E-state index is 0.0270. The molecule has 3 rings (SSSR count). The number of nitrogens with zero attached hydrogens (tertiary/aromatic N) is 1. The molecule has 0 aliphatic carbocycles. The molecule has 5 nitrogen and oxygen atoms in total. The van der Waals surface area contributed by atoms with Crippen molar-refractivity contribution in [3.05, 3.63) is 70.7 Å². The van der Waals surface area contributed by atoms with E-state index < -0.39 is 12.0 Å². The van der Waals surface area contributed by atoms with E-state index in [9.17, 15) is 15.0 Å². The first-order valence-electron chi connectivity index (χ1n) is 7.34. The van der Waals surface area contributed by atoms with Crippen molar-refractivity contribution in [2.45, 2.75) is 6.04 Å². The lowest BCUT2D eigenvalue weighted by atomic mass is 10.1. The molecule has 0 radical (unpaired) electrons. The smallest absolute Gasteiger partial charge is 0.339 e. The number of aliphatic hydroxyl groups excluding tert-OH is 1. The number of carbonyl (C=O) groups is 1. The first-order valence-corrected chi connectivity index (χ1v) is 7.72. The molecule has 0 aliphatic heterocycles. The monoisotopic (exact) mass is 342 g/mol. The number of halogens is 1. The normalized spacial score (nSPS) is 12.1. The number of rotatable bonds is 5. The highest BCUT2D eigenvalue weighted by Crippen LogP contribution is 2.26. The summed E-state index contributed by atoms with van der Waals surface area (Å²) in [5.74, 6) is -0.892. The standard InChI is InChI=1S/C18H15ClN2O3/c19-13-6-7-15-12(8-13)9-14(18(23)24)17(20-15)21-16(10-22)11-4-2-1-3-5-11/h1-9,16,22H,10H2,(H,20,21)(H,23,24)/t16-/m0/s1. The molecule has 1 atom stereocenters. The fourth-order valence-corrected chi connectivity index (χ4v) is 2.69. The van der Waals surface area contributed by atoms with E-state index in [1.807, 2.05) is 30.3 Å². The number of hydrogen-bond donors (Lipinski definition) is 3. The topological polar surface area (TPSA) is 82.5 Å². The molecule has 6 heteroatoms. The summed E-state index contributed by atoms with van der Waals surface area (Å²) in [7, 11) is 0. The lowest BCUT2D eigenvalue weighted by molar-refractivity contribution is 0.0697. The fourth-order valence-electron chi connectivity index (χ4n) is 2.51. The van der Waals surface area contributed by atoms with Gasteiger partial charge >= 0.3 is 5.97 Å². The van der Waals surface area contributed by atoms with E-state index in [2.05, 4.69) is 10.3 Å². The van der Waals surface area contributed by atoms with Crippen molar-refractivity contribution < 1.29 is 15.0 Å². The molecule has 0 bridgehead atoms. The maximum atomic E-state index is 11.6. The maximum absolute atomic E-state index is 11.6. The molecule has 122 valence electrons. The van der Waals surface area contributed by atoms with E-state index in [-0.39, 0.29) is 18.0 Å². The van der Waals surface area contributed by atoms with E-state index in [4.69, 9.17) is 11.6 Å². The van der Waals surface area contributed by atoms with Crippen molar-refractivity contribution in [2.75, 3.05) is 11.9 Å². The van der Waals surface area contributed by atoms with Gasteiger partial charge in [-0.1, -0.05) is 41.9 Å². The summed E-state index contributed by atoms with van der Waals surface area (Å²) in [6.07, 6.45) is 0. The Hall–Kier alpha value is -2.63. The largest absolute Gasteiger partial charge is 0.478 e. The minimum atomic E-state index is -1.10. The van der Waals surface area contributed by atoms with Gasteiger partial charge < -0.3 is 15.5 Å². The third-order valence-corrected chi connectivity index (χ3v) is 3.94. The van der Waals surface area contributed by atoms with Crippen LogP contribution < -0.4 is 5.32 Å². The van der Waals surface area contributed by atoms with Crippen LogP contribution in [-0.4, -0.2) is 27.8 Å². The van der Waals surface area contributed by atoms with Gasteiger partial charge in [-0.3, -0.25) is 0 Å². The summed E-state index contributed by atoms with van der Waals surface area (Å²) >= 11 is 5.95. The van der Waals surface area contributed by atoms with Gasteiger partial charge in [0.2, 0.25) is 0 Å². The molecule has 0 saturated heterocycles. The highest BCUT2D eigenvalue weighted by molar-refractivity contribution is 6.31. The Morgan fingerprint density at radius 1 is 1.17 bits per heavy atom. The van der Waals surface area contributed by atoms with Crippen LogP contribution in [0.25, 0.3) is 10.9 Å². The predicted octanol–water partition coefficient (Wildman–Crippen LogP) is 3.73. The molecule has 0 fully saturated rings. The number of hydrogen-bond acceptors (Lipinski definition) is 4. The molecule has 0 saturated carbocycles. The lowest BCUT2D eigenvalue weighted by Crippen LogP contribution is -2.18. The molecular weight excluding hydrogens is 328 g/mol. The molecule has 0 aliphatic rings. The van der Waals surface area contributed by atoms with Gasteiger partial charge in [-0.25, -0.2) is 9.78 Å². The third-order valence-electron chi connectivity index (χ3n) is 3.70. The van der Waals surface area contributed by atoms with Crippen LogP contribution in [0.2, 0.25) is 5.02 Å². The Morgan fingerprint density at radius 3 is 2.58 bits per heavy atom. The molecule has 24 heavy (non-hydrogen) atoms. The number of pyridine rings is 1. The average Bonchev–Trinajstić information content (AvgIpc) is 2.59. The second-order valence-corrected chi connectivity index (χ2v) is 5.75. The molecule has 3 N–H and O–H groups in total. The third kappa shape index (κ3) is 3.32. The van der Waals surface area contributed by atoms with Crippen molar-refractivity contribution in [1.82, 2.24) is 4.98 Å². The van der Waals surface area contributed by atoms with E-state index >= 15 is 0 Å². The number of nitrogens with one attached hydrogen (secondary N) is 1. The molecule has 1 heterocycles.